The van der Waals surface area contributed by atoms with Crippen LogP contribution < -0.4 is 5.32 Å². The lowest BCUT2D eigenvalue weighted by Gasteiger charge is -2.16. The predicted molar refractivity (Wildman–Crippen MR) is 124 cm³/mol. The molecule has 0 aliphatic carbocycles. The molecule has 2 heterocycles. The number of hydrogen-bond acceptors (Lipinski definition) is 5. The Labute approximate surface area is 188 Å². The Hall–Kier alpha value is -2.21. The minimum atomic E-state index is -3.65. The summed E-state index contributed by atoms with van der Waals surface area (Å²) < 4.78 is 60.0. The van der Waals surface area contributed by atoms with Crippen LogP contribution in [0.3, 0.4) is 0 Å². The summed E-state index contributed by atoms with van der Waals surface area (Å²) in [4.78, 5) is 18.8. The largest absolute Gasteiger partial charge is 0.430 e. The van der Waals surface area contributed by atoms with Gasteiger partial charge in [0.25, 0.3) is 0 Å². The van der Waals surface area contributed by atoms with E-state index in [2.05, 4.69) is 40.9 Å². The molecule has 0 saturated heterocycles. The molecule has 0 spiro atoms. The van der Waals surface area contributed by atoms with E-state index in [9.17, 15) is 22.4 Å². The summed E-state index contributed by atoms with van der Waals surface area (Å²) in [5.41, 5.74) is 0.559. The van der Waals surface area contributed by atoms with Crippen molar-refractivity contribution in [2.45, 2.75) is 18.2 Å². The summed E-state index contributed by atoms with van der Waals surface area (Å²) in [5.74, 6) is -4.92. The third-order valence-electron chi connectivity index (χ3n) is 3.71. The van der Waals surface area contributed by atoms with Gasteiger partial charge in [-0.1, -0.05) is 15.8 Å². The standard InChI is InChI=1S/C18H20F4N5O2P3/c1-10(3-13(4-11(2)19)29-18(21,22)32)14-5-15(25-9-28)26-27(14)12-6-23-16(24-7-12)17(20,31)8-30/h3-7,9H,1,8,30-32H2,2H3,(H,25,26,28)/b11-4+,13-3+. The van der Waals surface area contributed by atoms with Gasteiger partial charge in [0.05, 0.1) is 18.1 Å². The fourth-order valence-corrected chi connectivity index (χ4v) is 2.84. The number of carbonyl (C=O) groups is 1. The third-order valence-corrected chi connectivity index (χ3v) is 5.39. The van der Waals surface area contributed by atoms with E-state index in [4.69, 9.17) is 0 Å². The van der Waals surface area contributed by atoms with Crippen LogP contribution in [-0.2, 0) is 14.9 Å². The van der Waals surface area contributed by atoms with Gasteiger partial charge in [0.2, 0.25) is 6.41 Å². The third kappa shape index (κ3) is 7.16. The van der Waals surface area contributed by atoms with Gasteiger partial charge < -0.3 is 10.1 Å². The fraction of sp³-hybridized carbons (Fsp3) is 0.222. The van der Waals surface area contributed by atoms with Crippen molar-refractivity contribution in [3.05, 3.63) is 60.3 Å². The first-order valence-electron chi connectivity index (χ1n) is 8.78. The van der Waals surface area contributed by atoms with Crippen LogP contribution in [0.15, 0.2) is 48.8 Å². The molecule has 4 unspecified atom stereocenters. The zero-order chi connectivity index (χ0) is 24.1. The number of ether oxygens (including phenoxy) is 1. The molecule has 2 aromatic heterocycles. The Morgan fingerprint density at radius 3 is 2.41 bits per heavy atom. The van der Waals surface area contributed by atoms with Crippen molar-refractivity contribution in [3.8, 4) is 5.69 Å². The molecule has 0 bridgehead atoms. The zero-order valence-corrected chi connectivity index (χ0v) is 20.2. The van der Waals surface area contributed by atoms with Crippen LogP contribution in [0.5, 0.6) is 0 Å². The van der Waals surface area contributed by atoms with Gasteiger partial charge in [-0.25, -0.2) is 23.4 Å². The van der Waals surface area contributed by atoms with E-state index in [-0.39, 0.29) is 34.8 Å². The zero-order valence-electron chi connectivity index (χ0n) is 16.7. The van der Waals surface area contributed by atoms with E-state index in [1.807, 2.05) is 9.24 Å². The smallest absolute Gasteiger partial charge is 0.408 e. The van der Waals surface area contributed by atoms with Crippen molar-refractivity contribution >= 4 is 45.5 Å². The van der Waals surface area contributed by atoms with Crippen molar-refractivity contribution in [1.29, 1.82) is 0 Å². The molecule has 2 rings (SSSR count). The number of amides is 1. The molecular weight excluding hydrogens is 487 g/mol. The normalized spacial score (nSPS) is 14.6. The van der Waals surface area contributed by atoms with Gasteiger partial charge in [-0.3, -0.25) is 4.79 Å². The summed E-state index contributed by atoms with van der Waals surface area (Å²) in [6, 6.07) is 1.39. The molecule has 32 heavy (non-hydrogen) atoms. The number of allylic oxidation sites excluding steroid dienone is 4. The van der Waals surface area contributed by atoms with Crippen molar-refractivity contribution in [3.63, 3.8) is 0 Å². The van der Waals surface area contributed by atoms with Crippen LogP contribution in [0.4, 0.5) is 23.4 Å². The van der Waals surface area contributed by atoms with Gasteiger partial charge in [0.15, 0.2) is 17.1 Å². The van der Waals surface area contributed by atoms with Gasteiger partial charge in [-0.15, -0.1) is 14.3 Å². The van der Waals surface area contributed by atoms with E-state index in [0.717, 1.165) is 19.1 Å². The van der Waals surface area contributed by atoms with Crippen LogP contribution in [0.1, 0.15) is 18.4 Å². The van der Waals surface area contributed by atoms with Crippen LogP contribution in [0.2, 0.25) is 0 Å². The Kier molecular flexibility index (Phi) is 8.63. The number of hydrogen-bond donors (Lipinski definition) is 1. The second-order valence-electron chi connectivity index (χ2n) is 6.39. The molecule has 1 N–H and O–H groups in total. The summed E-state index contributed by atoms with van der Waals surface area (Å²) >= 11 is 0. The van der Waals surface area contributed by atoms with E-state index < -0.39 is 22.8 Å². The molecule has 0 saturated carbocycles. The second-order valence-corrected chi connectivity index (χ2v) is 8.38. The lowest BCUT2D eigenvalue weighted by molar-refractivity contribution is -0.129. The maximum absolute atomic E-state index is 14.4. The minimum absolute atomic E-state index is 0.0453. The van der Waals surface area contributed by atoms with Crippen LogP contribution >= 0.6 is 27.7 Å². The summed E-state index contributed by atoms with van der Waals surface area (Å²) in [5, 5.41) is 4.67. The van der Waals surface area contributed by atoms with E-state index in [1.54, 1.807) is 0 Å². The monoisotopic (exact) mass is 507 g/mol. The predicted octanol–water partition coefficient (Wildman–Crippen LogP) is 4.32. The molecule has 1 amide bonds. The highest BCUT2D eigenvalue weighted by molar-refractivity contribution is 7.22. The fourth-order valence-electron chi connectivity index (χ4n) is 2.37. The van der Waals surface area contributed by atoms with Crippen molar-refractivity contribution in [2.75, 3.05) is 11.5 Å². The average molecular weight is 507 g/mol. The van der Waals surface area contributed by atoms with Gasteiger partial charge >= 0.3 is 5.85 Å². The van der Waals surface area contributed by atoms with E-state index in [0.29, 0.717) is 6.41 Å². The van der Waals surface area contributed by atoms with Gasteiger partial charge in [-0.05, 0) is 27.8 Å². The Morgan fingerprint density at radius 1 is 1.28 bits per heavy atom. The second kappa shape index (κ2) is 10.6. The molecule has 0 aliphatic heterocycles. The summed E-state index contributed by atoms with van der Waals surface area (Å²) in [7, 11) is 5.46. The van der Waals surface area contributed by atoms with Gasteiger partial charge in [0.1, 0.15) is 17.3 Å². The first-order valence-corrected chi connectivity index (χ1v) is 10.7. The van der Waals surface area contributed by atoms with Gasteiger partial charge in [-0.2, -0.15) is 8.78 Å². The number of anilines is 1. The number of halogens is 4. The lowest BCUT2D eigenvalue weighted by atomic mass is 10.1. The molecule has 0 aromatic carbocycles. The Balaban J connectivity index is 2.53. The maximum atomic E-state index is 14.4. The van der Waals surface area contributed by atoms with Crippen molar-refractivity contribution < 1.29 is 27.1 Å². The SMILES string of the molecule is C=C(/C=C(\C=C(/C)F)OC(F)(F)P)c1cc(NC=O)nn1-c1cnc(C(F)(P)CP)nc1. The van der Waals surface area contributed by atoms with Crippen LogP contribution in [0.25, 0.3) is 11.3 Å². The number of aromatic nitrogens is 4. The van der Waals surface area contributed by atoms with Crippen LogP contribution in [0, 0.1) is 0 Å². The highest BCUT2D eigenvalue weighted by Crippen LogP contribution is 2.33. The number of nitrogens with one attached hydrogen (secondary N) is 1. The first kappa shape index (κ1) is 26.0. The highest BCUT2D eigenvalue weighted by Gasteiger charge is 2.27. The quantitative estimate of drug-likeness (QED) is 0.170. The summed E-state index contributed by atoms with van der Waals surface area (Å²) in [6.45, 7) is 4.85. The molecule has 172 valence electrons. The number of alkyl halides is 3. The first-order chi connectivity index (χ1) is 14.9. The molecule has 14 heteroatoms. The lowest BCUT2D eigenvalue weighted by Crippen LogP contribution is -2.17. The molecule has 0 radical (unpaired) electrons. The Morgan fingerprint density at radius 2 is 1.91 bits per heavy atom. The van der Waals surface area contributed by atoms with Crippen molar-refractivity contribution in [2.24, 2.45) is 0 Å². The minimum Gasteiger partial charge on any atom is -0.430 e. The molecule has 2 aromatic rings. The summed E-state index contributed by atoms with van der Waals surface area (Å²) in [6.07, 6.45) is 4.84. The average Bonchev–Trinajstić information content (AvgIpc) is 3.10. The topological polar surface area (TPSA) is 81.9 Å². The van der Waals surface area contributed by atoms with E-state index >= 15 is 0 Å². The number of carbonyl (C=O) groups excluding carboxylic acids is 1. The Bertz CT molecular complexity index is 1050. The highest BCUT2D eigenvalue weighted by atomic mass is 31.0. The molecule has 4 atom stereocenters. The molecule has 0 aliphatic rings. The van der Waals surface area contributed by atoms with Gasteiger partial charge in [0, 0.05) is 18.3 Å². The van der Waals surface area contributed by atoms with Crippen molar-refractivity contribution in [1.82, 2.24) is 19.7 Å². The maximum Gasteiger partial charge on any atom is 0.408 e. The number of nitrogens with zero attached hydrogens (tertiary/aromatic N) is 4. The molecular formula is C18H20F4N5O2P3. The number of rotatable bonds is 10. The molecule has 0 fully saturated rings. The van der Waals surface area contributed by atoms with E-state index in [1.165, 1.54) is 32.4 Å². The molecule has 7 nitrogen and oxygen atoms in total. The van der Waals surface area contributed by atoms with Crippen LogP contribution in [-0.4, -0.2) is 38.2 Å².